The highest BCUT2D eigenvalue weighted by molar-refractivity contribution is 7.90. The number of nitrogens with zero attached hydrogens (tertiary/aromatic N) is 5. The average Bonchev–Trinajstić information content (AvgIpc) is 3.66. The maximum absolute atomic E-state index is 13.2. The Hall–Kier alpha value is -3.08. The van der Waals surface area contributed by atoms with E-state index in [-0.39, 0.29) is 5.91 Å². The minimum atomic E-state index is -3.81. The molecular formula is C28H32N6O3S. The van der Waals surface area contributed by atoms with Gasteiger partial charge in [-0.25, -0.2) is 18.5 Å². The Bertz CT molecular complexity index is 1600. The quantitative estimate of drug-likeness (QED) is 0.550. The molecule has 1 spiro atoms. The minimum absolute atomic E-state index is 0.155. The molecule has 3 fully saturated rings. The van der Waals surface area contributed by atoms with E-state index in [4.69, 9.17) is 10.1 Å². The number of benzene rings is 1. The predicted octanol–water partition coefficient (Wildman–Crippen LogP) is 2.72. The Morgan fingerprint density at radius 1 is 0.921 bits per heavy atom. The number of carbonyl (C=O) groups excluding carboxylic acids is 1. The first-order valence-electron chi connectivity index (χ1n) is 13.3. The van der Waals surface area contributed by atoms with E-state index in [0.717, 1.165) is 84.5 Å². The molecule has 1 aromatic carbocycles. The lowest BCUT2D eigenvalue weighted by atomic mass is 9.64. The molecule has 2 aliphatic heterocycles. The van der Waals surface area contributed by atoms with Gasteiger partial charge in [-0.3, -0.25) is 9.78 Å². The van der Waals surface area contributed by atoms with Gasteiger partial charge in [-0.05, 0) is 56.5 Å². The molecule has 0 radical (unpaired) electrons. The van der Waals surface area contributed by atoms with Crippen molar-refractivity contribution in [2.45, 2.75) is 42.3 Å². The molecule has 2 N–H and O–H groups in total. The van der Waals surface area contributed by atoms with Crippen LogP contribution in [0.3, 0.4) is 0 Å². The van der Waals surface area contributed by atoms with E-state index < -0.39 is 20.2 Å². The third-order valence-electron chi connectivity index (χ3n) is 9.35. The molecule has 198 valence electrons. The Balaban J connectivity index is 1.38. The molecule has 4 heterocycles. The standard InChI is InChI=1S/C28H32N6O3S/c1-32-10-12-34(13-11-32)25-21(28(8-9-28)38(29,36)37)15-19(16-31-25)18-4-5-22-20(14-18)24-23(17-30-22)33(2)26(35)27(24)6-3-7-27/h4-5,14-17H,3,6-13H2,1-2H3,(H2,29,36,37). The van der Waals surface area contributed by atoms with Crippen LogP contribution in [0.5, 0.6) is 0 Å². The summed E-state index contributed by atoms with van der Waals surface area (Å²) in [4.78, 5) is 29.0. The number of amides is 1. The summed E-state index contributed by atoms with van der Waals surface area (Å²) >= 11 is 0. The second-order valence-corrected chi connectivity index (χ2v) is 13.3. The highest BCUT2D eigenvalue weighted by Gasteiger charge is 2.57. The minimum Gasteiger partial charge on any atom is -0.354 e. The van der Waals surface area contributed by atoms with Gasteiger partial charge in [-0.2, -0.15) is 0 Å². The van der Waals surface area contributed by atoms with Gasteiger partial charge in [0.2, 0.25) is 15.9 Å². The third kappa shape index (κ3) is 3.23. The number of anilines is 2. The number of nitrogens with two attached hydrogens (primary N) is 1. The van der Waals surface area contributed by atoms with Crippen molar-refractivity contribution in [2.75, 3.05) is 50.1 Å². The number of piperazine rings is 1. The van der Waals surface area contributed by atoms with E-state index in [2.05, 4.69) is 27.9 Å². The summed E-state index contributed by atoms with van der Waals surface area (Å²) in [6, 6.07) is 8.07. The number of hydrogen-bond donors (Lipinski definition) is 1. The third-order valence-corrected chi connectivity index (χ3v) is 11.1. The molecule has 38 heavy (non-hydrogen) atoms. The monoisotopic (exact) mass is 532 g/mol. The molecular weight excluding hydrogens is 500 g/mol. The van der Waals surface area contributed by atoms with E-state index >= 15 is 0 Å². The molecule has 1 amide bonds. The van der Waals surface area contributed by atoms with Gasteiger partial charge >= 0.3 is 0 Å². The van der Waals surface area contributed by atoms with Crippen LogP contribution in [-0.2, 0) is 25.0 Å². The zero-order valence-electron chi connectivity index (χ0n) is 21.8. The van der Waals surface area contributed by atoms with Gasteiger partial charge in [-0.1, -0.05) is 12.5 Å². The van der Waals surface area contributed by atoms with Crippen molar-refractivity contribution >= 4 is 38.3 Å². The summed E-state index contributed by atoms with van der Waals surface area (Å²) in [5, 5.41) is 6.78. The number of aromatic nitrogens is 2. The van der Waals surface area contributed by atoms with Crippen molar-refractivity contribution < 1.29 is 13.2 Å². The van der Waals surface area contributed by atoms with Crippen molar-refractivity contribution in [1.82, 2.24) is 14.9 Å². The van der Waals surface area contributed by atoms with Crippen LogP contribution in [0.25, 0.3) is 22.0 Å². The number of sulfonamides is 1. The fourth-order valence-electron chi connectivity index (χ4n) is 6.69. The number of rotatable bonds is 4. The molecule has 2 saturated carbocycles. The summed E-state index contributed by atoms with van der Waals surface area (Å²) < 4.78 is 24.5. The number of hydrogen-bond acceptors (Lipinski definition) is 7. The van der Waals surface area contributed by atoms with E-state index in [1.54, 1.807) is 4.90 Å². The maximum atomic E-state index is 13.2. The van der Waals surface area contributed by atoms with Gasteiger partial charge < -0.3 is 14.7 Å². The average molecular weight is 533 g/mol. The van der Waals surface area contributed by atoms with Gasteiger partial charge in [0, 0.05) is 61.5 Å². The molecule has 4 aliphatic rings. The summed E-state index contributed by atoms with van der Waals surface area (Å²) in [7, 11) is 0.112. The fourth-order valence-corrected chi connectivity index (χ4v) is 7.82. The van der Waals surface area contributed by atoms with E-state index in [0.29, 0.717) is 18.4 Å². The van der Waals surface area contributed by atoms with Crippen LogP contribution in [0, 0.1) is 0 Å². The zero-order chi connectivity index (χ0) is 26.4. The van der Waals surface area contributed by atoms with E-state index in [1.165, 1.54) is 0 Å². The lowest BCUT2D eigenvalue weighted by Crippen LogP contribution is -2.45. The number of fused-ring (bicyclic) bond motifs is 4. The van der Waals surface area contributed by atoms with Crippen LogP contribution in [0.1, 0.15) is 43.2 Å². The van der Waals surface area contributed by atoms with Crippen LogP contribution in [0.15, 0.2) is 36.7 Å². The van der Waals surface area contributed by atoms with Gasteiger partial charge in [0.1, 0.15) is 10.6 Å². The van der Waals surface area contributed by atoms with Crippen LogP contribution in [0.2, 0.25) is 0 Å². The molecule has 0 unspecified atom stereocenters. The van der Waals surface area contributed by atoms with Crippen LogP contribution >= 0.6 is 0 Å². The Morgan fingerprint density at radius 3 is 2.29 bits per heavy atom. The molecule has 2 aliphatic carbocycles. The van der Waals surface area contributed by atoms with Crippen molar-refractivity contribution in [1.29, 1.82) is 0 Å². The highest BCUT2D eigenvalue weighted by Crippen LogP contribution is 2.56. The van der Waals surface area contributed by atoms with E-state index in [1.807, 2.05) is 37.6 Å². The zero-order valence-corrected chi connectivity index (χ0v) is 22.6. The fraction of sp³-hybridized carbons (Fsp3) is 0.464. The predicted molar refractivity (Wildman–Crippen MR) is 148 cm³/mol. The molecule has 10 heteroatoms. The Kier molecular flexibility index (Phi) is 5.03. The second-order valence-electron chi connectivity index (χ2n) is 11.5. The maximum Gasteiger partial charge on any atom is 0.237 e. The molecule has 0 atom stereocenters. The largest absolute Gasteiger partial charge is 0.354 e. The lowest BCUT2D eigenvalue weighted by Gasteiger charge is -2.37. The number of likely N-dealkylation sites (N-methyl/N-ethyl adjacent to an activating group) is 2. The second kappa shape index (κ2) is 7.97. The van der Waals surface area contributed by atoms with Crippen molar-refractivity contribution in [3.63, 3.8) is 0 Å². The smallest absolute Gasteiger partial charge is 0.237 e. The van der Waals surface area contributed by atoms with Gasteiger partial charge in [0.15, 0.2) is 0 Å². The molecule has 0 bridgehead atoms. The van der Waals surface area contributed by atoms with Gasteiger partial charge in [0.05, 0.1) is 22.8 Å². The van der Waals surface area contributed by atoms with Crippen molar-refractivity contribution in [3.8, 4) is 11.1 Å². The molecule has 7 rings (SSSR count). The number of primary sulfonamides is 1. The van der Waals surface area contributed by atoms with Crippen LogP contribution in [0.4, 0.5) is 11.5 Å². The summed E-state index contributed by atoms with van der Waals surface area (Å²) in [5.74, 6) is 0.875. The normalized spacial score (nSPS) is 22.1. The van der Waals surface area contributed by atoms with Gasteiger partial charge in [-0.15, -0.1) is 0 Å². The molecule has 2 aromatic heterocycles. The first kappa shape index (κ1) is 24.0. The molecule has 1 saturated heterocycles. The summed E-state index contributed by atoms with van der Waals surface area (Å²) in [6.45, 7) is 3.35. The highest BCUT2D eigenvalue weighted by atomic mass is 32.2. The first-order chi connectivity index (χ1) is 18.1. The number of carbonyl (C=O) groups is 1. The Labute approximate surface area is 222 Å². The van der Waals surface area contributed by atoms with E-state index in [9.17, 15) is 13.2 Å². The molecule has 9 nitrogen and oxygen atoms in total. The van der Waals surface area contributed by atoms with Crippen LogP contribution in [-0.4, -0.2) is 69.5 Å². The first-order valence-corrected chi connectivity index (χ1v) is 14.9. The van der Waals surface area contributed by atoms with Crippen molar-refractivity contribution in [3.05, 3.63) is 47.8 Å². The Morgan fingerprint density at radius 2 is 1.66 bits per heavy atom. The van der Waals surface area contributed by atoms with Gasteiger partial charge in [0.25, 0.3) is 0 Å². The summed E-state index contributed by atoms with van der Waals surface area (Å²) in [6.07, 6.45) is 7.41. The molecule has 3 aromatic rings. The lowest BCUT2D eigenvalue weighted by molar-refractivity contribution is -0.125. The summed E-state index contributed by atoms with van der Waals surface area (Å²) in [5.41, 5.74) is 4.82. The topological polar surface area (TPSA) is 113 Å². The number of pyridine rings is 2. The SMILES string of the molecule is CN1CCN(c2ncc(-c3ccc4ncc5c(c4c3)C3(CCC3)C(=O)N5C)cc2C2(S(N)(=O)=O)CC2)CC1. The van der Waals surface area contributed by atoms with Crippen LogP contribution < -0.4 is 14.9 Å². The van der Waals surface area contributed by atoms with Crippen molar-refractivity contribution in [2.24, 2.45) is 5.14 Å².